The van der Waals surface area contributed by atoms with Crippen LogP contribution in [-0.2, 0) is 20.0 Å². The second-order valence-electron chi connectivity index (χ2n) is 6.55. The highest BCUT2D eigenvalue weighted by Crippen LogP contribution is 2.20. The van der Waals surface area contributed by atoms with Crippen molar-refractivity contribution in [2.24, 2.45) is 17.5 Å². The Kier molecular flexibility index (Phi) is 8.24. The molecule has 0 amide bonds. The number of nitrogens with one attached hydrogen (secondary N) is 2. The second-order valence-corrected chi connectivity index (χ2v) is 6.55. The molecule has 0 radical (unpaired) electrons. The molecule has 1 aromatic heterocycles. The first-order valence-corrected chi connectivity index (χ1v) is 7.95. The van der Waals surface area contributed by atoms with Crippen LogP contribution in [0.15, 0.2) is 47.6 Å². The highest BCUT2D eigenvalue weighted by Gasteiger charge is 2.19. The van der Waals surface area contributed by atoms with E-state index in [0.29, 0.717) is 6.54 Å². The molecule has 0 unspecified atom stereocenters. The highest BCUT2D eigenvalue weighted by atomic mass is 127. The van der Waals surface area contributed by atoms with Crippen molar-refractivity contribution in [3.8, 4) is 0 Å². The van der Waals surface area contributed by atoms with E-state index >= 15 is 0 Å². The van der Waals surface area contributed by atoms with E-state index in [-0.39, 0.29) is 29.4 Å². The SMILES string of the molecule is CN=C(NCc1ccnn1C)NCC(C)(C)Cc1ccccc1.I. The lowest BCUT2D eigenvalue weighted by Crippen LogP contribution is -2.42. The van der Waals surface area contributed by atoms with E-state index in [1.54, 1.807) is 13.2 Å². The minimum atomic E-state index is 0. The lowest BCUT2D eigenvalue weighted by Gasteiger charge is -2.26. The molecule has 0 spiro atoms. The first-order chi connectivity index (χ1) is 11.0. The zero-order chi connectivity index (χ0) is 16.7. The van der Waals surface area contributed by atoms with Gasteiger partial charge in [-0.2, -0.15) is 5.10 Å². The average molecular weight is 441 g/mol. The van der Waals surface area contributed by atoms with Crippen molar-refractivity contribution in [2.45, 2.75) is 26.8 Å². The minimum absolute atomic E-state index is 0. The van der Waals surface area contributed by atoms with E-state index in [1.807, 2.05) is 17.8 Å². The number of guanidine groups is 1. The Labute approximate surface area is 162 Å². The molecular weight excluding hydrogens is 413 g/mol. The lowest BCUT2D eigenvalue weighted by molar-refractivity contribution is 0.359. The predicted molar refractivity (Wildman–Crippen MR) is 111 cm³/mol. The van der Waals surface area contributed by atoms with Gasteiger partial charge in [-0.05, 0) is 23.5 Å². The van der Waals surface area contributed by atoms with Gasteiger partial charge in [0.15, 0.2) is 5.96 Å². The Morgan fingerprint density at radius 3 is 2.46 bits per heavy atom. The number of aryl methyl sites for hydroxylation is 1. The van der Waals surface area contributed by atoms with Gasteiger partial charge in [-0.3, -0.25) is 9.67 Å². The van der Waals surface area contributed by atoms with Crippen LogP contribution in [0, 0.1) is 5.41 Å². The molecule has 1 heterocycles. The molecule has 2 N–H and O–H groups in total. The van der Waals surface area contributed by atoms with E-state index in [9.17, 15) is 0 Å². The topological polar surface area (TPSA) is 54.2 Å². The van der Waals surface area contributed by atoms with Crippen LogP contribution in [0.5, 0.6) is 0 Å². The summed E-state index contributed by atoms with van der Waals surface area (Å²) >= 11 is 0. The first kappa shape index (κ1) is 20.5. The highest BCUT2D eigenvalue weighted by molar-refractivity contribution is 14.0. The summed E-state index contributed by atoms with van der Waals surface area (Å²) in [5, 5.41) is 10.9. The average Bonchev–Trinajstić information content (AvgIpc) is 2.93. The van der Waals surface area contributed by atoms with Crippen molar-refractivity contribution in [2.75, 3.05) is 13.6 Å². The zero-order valence-corrected chi connectivity index (χ0v) is 17.2. The van der Waals surface area contributed by atoms with Crippen molar-refractivity contribution in [1.82, 2.24) is 20.4 Å². The molecule has 0 atom stereocenters. The van der Waals surface area contributed by atoms with E-state index in [4.69, 9.17) is 0 Å². The van der Waals surface area contributed by atoms with E-state index in [2.05, 4.69) is 64.9 Å². The van der Waals surface area contributed by atoms with Gasteiger partial charge >= 0.3 is 0 Å². The van der Waals surface area contributed by atoms with Gasteiger partial charge in [-0.25, -0.2) is 0 Å². The molecule has 0 fully saturated rings. The normalized spacial score (nSPS) is 11.8. The summed E-state index contributed by atoms with van der Waals surface area (Å²) in [4.78, 5) is 4.29. The maximum atomic E-state index is 4.29. The number of aromatic nitrogens is 2. The molecule has 0 aliphatic carbocycles. The molecule has 0 saturated heterocycles. The number of hydrogen-bond donors (Lipinski definition) is 2. The van der Waals surface area contributed by atoms with Crippen LogP contribution in [0.25, 0.3) is 0 Å². The smallest absolute Gasteiger partial charge is 0.191 e. The van der Waals surface area contributed by atoms with Gasteiger partial charge in [0.2, 0.25) is 0 Å². The molecule has 1 aromatic carbocycles. The van der Waals surface area contributed by atoms with Crippen molar-refractivity contribution in [3.05, 3.63) is 53.9 Å². The van der Waals surface area contributed by atoms with Gasteiger partial charge in [-0.1, -0.05) is 44.2 Å². The van der Waals surface area contributed by atoms with Crippen molar-refractivity contribution < 1.29 is 0 Å². The molecule has 0 bridgehead atoms. The summed E-state index contributed by atoms with van der Waals surface area (Å²) in [6, 6.07) is 12.6. The fraction of sp³-hybridized carbons (Fsp3) is 0.444. The van der Waals surface area contributed by atoms with Crippen LogP contribution >= 0.6 is 24.0 Å². The third-order valence-corrected chi connectivity index (χ3v) is 3.84. The summed E-state index contributed by atoms with van der Waals surface area (Å²) in [7, 11) is 3.74. The Balaban J connectivity index is 0.00000288. The lowest BCUT2D eigenvalue weighted by atomic mass is 9.86. The third-order valence-electron chi connectivity index (χ3n) is 3.84. The van der Waals surface area contributed by atoms with Crippen LogP contribution in [0.1, 0.15) is 25.1 Å². The monoisotopic (exact) mass is 441 g/mol. The molecule has 0 aliphatic rings. The van der Waals surface area contributed by atoms with Crippen molar-refractivity contribution in [3.63, 3.8) is 0 Å². The number of nitrogens with zero attached hydrogens (tertiary/aromatic N) is 3. The van der Waals surface area contributed by atoms with E-state index < -0.39 is 0 Å². The summed E-state index contributed by atoms with van der Waals surface area (Å²) in [5.74, 6) is 0.812. The molecule has 132 valence electrons. The molecule has 0 saturated carbocycles. The van der Waals surface area contributed by atoms with Crippen LogP contribution in [0.2, 0.25) is 0 Å². The quantitative estimate of drug-likeness (QED) is 0.412. The van der Waals surface area contributed by atoms with Gasteiger partial charge in [0, 0.05) is 26.8 Å². The Morgan fingerprint density at radius 2 is 1.88 bits per heavy atom. The molecule has 5 nitrogen and oxygen atoms in total. The van der Waals surface area contributed by atoms with Crippen LogP contribution in [0.4, 0.5) is 0 Å². The molecular formula is C18H28IN5. The number of halogens is 1. The largest absolute Gasteiger partial charge is 0.356 e. The first-order valence-electron chi connectivity index (χ1n) is 7.95. The van der Waals surface area contributed by atoms with Crippen LogP contribution < -0.4 is 10.6 Å². The summed E-state index contributed by atoms with van der Waals surface area (Å²) in [5.41, 5.74) is 2.62. The summed E-state index contributed by atoms with van der Waals surface area (Å²) in [6.45, 7) is 6.09. The number of rotatable bonds is 6. The van der Waals surface area contributed by atoms with E-state index in [0.717, 1.165) is 24.6 Å². The molecule has 2 aromatic rings. The van der Waals surface area contributed by atoms with Crippen LogP contribution in [0.3, 0.4) is 0 Å². The van der Waals surface area contributed by atoms with Crippen molar-refractivity contribution >= 4 is 29.9 Å². The maximum absolute atomic E-state index is 4.29. The number of benzene rings is 1. The standard InChI is InChI=1S/C18H27N5.HI/c1-18(2,12-15-8-6-5-7-9-15)14-21-17(19-3)20-13-16-10-11-22-23(16)4;/h5-11H,12-14H2,1-4H3,(H2,19,20,21);1H. The maximum Gasteiger partial charge on any atom is 0.191 e. The molecule has 6 heteroatoms. The zero-order valence-electron chi connectivity index (χ0n) is 14.9. The number of hydrogen-bond acceptors (Lipinski definition) is 2. The fourth-order valence-electron chi connectivity index (χ4n) is 2.50. The van der Waals surface area contributed by atoms with Gasteiger partial charge in [0.25, 0.3) is 0 Å². The van der Waals surface area contributed by atoms with Crippen LogP contribution in [-0.4, -0.2) is 29.3 Å². The van der Waals surface area contributed by atoms with Gasteiger partial charge in [-0.15, -0.1) is 24.0 Å². The van der Waals surface area contributed by atoms with Gasteiger partial charge in [0.1, 0.15) is 0 Å². The second kappa shape index (κ2) is 9.66. The summed E-state index contributed by atoms with van der Waals surface area (Å²) < 4.78 is 1.86. The Bertz CT molecular complexity index is 634. The Hall–Kier alpha value is -1.57. The predicted octanol–water partition coefficient (Wildman–Crippen LogP) is 2.97. The van der Waals surface area contributed by atoms with Crippen molar-refractivity contribution in [1.29, 1.82) is 0 Å². The number of aliphatic imine (C=N–C) groups is 1. The molecule has 0 aliphatic heterocycles. The van der Waals surface area contributed by atoms with Gasteiger partial charge < -0.3 is 10.6 Å². The molecule has 24 heavy (non-hydrogen) atoms. The minimum Gasteiger partial charge on any atom is -0.356 e. The molecule has 2 rings (SSSR count). The van der Waals surface area contributed by atoms with Gasteiger partial charge in [0.05, 0.1) is 12.2 Å². The fourth-order valence-corrected chi connectivity index (χ4v) is 2.50. The van der Waals surface area contributed by atoms with E-state index in [1.165, 1.54) is 5.56 Å². The summed E-state index contributed by atoms with van der Waals surface area (Å²) in [6.07, 6.45) is 2.83. The third kappa shape index (κ3) is 6.51. The Morgan fingerprint density at radius 1 is 1.17 bits per heavy atom.